The molecule has 1 aromatic rings. The molecule has 20 heavy (non-hydrogen) atoms. The zero-order chi connectivity index (χ0) is 15.3. The number of halogens is 2. The number of Topliss-reactive ketones (excluding diaryl/α,β-unsaturated/α-hetero) is 1. The van der Waals surface area contributed by atoms with Crippen molar-refractivity contribution < 1.29 is 18.4 Å². The maximum atomic E-state index is 13.5. The van der Waals surface area contributed by atoms with Crippen LogP contribution < -0.4 is 0 Å². The molecule has 0 aliphatic rings. The van der Waals surface area contributed by atoms with Crippen molar-refractivity contribution in [1.82, 2.24) is 9.80 Å². The van der Waals surface area contributed by atoms with Gasteiger partial charge in [0.1, 0.15) is 11.6 Å². The lowest BCUT2D eigenvalue weighted by atomic mass is 10.1. The van der Waals surface area contributed by atoms with E-state index in [0.717, 1.165) is 18.2 Å². The van der Waals surface area contributed by atoms with Crippen molar-refractivity contribution in [3.8, 4) is 0 Å². The minimum Gasteiger partial charge on any atom is -0.348 e. The summed E-state index contributed by atoms with van der Waals surface area (Å²) >= 11 is 0. The number of hydrogen-bond donors (Lipinski definition) is 0. The van der Waals surface area contributed by atoms with Crippen LogP contribution in [0, 0.1) is 11.6 Å². The summed E-state index contributed by atoms with van der Waals surface area (Å²) in [6.07, 6.45) is 0. The molecular weight excluding hydrogens is 266 g/mol. The quantitative estimate of drug-likeness (QED) is 0.744. The first-order valence-corrected chi connectivity index (χ1v) is 6.26. The van der Waals surface area contributed by atoms with Crippen LogP contribution >= 0.6 is 0 Å². The molecule has 0 saturated heterocycles. The second-order valence-electron chi connectivity index (χ2n) is 4.64. The van der Waals surface area contributed by atoms with Crippen LogP contribution in [0.2, 0.25) is 0 Å². The third-order valence-corrected chi connectivity index (χ3v) is 2.90. The fourth-order valence-electron chi connectivity index (χ4n) is 1.61. The average molecular weight is 284 g/mol. The fourth-order valence-corrected chi connectivity index (χ4v) is 1.61. The van der Waals surface area contributed by atoms with Gasteiger partial charge in [-0.05, 0) is 24.7 Å². The van der Waals surface area contributed by atoms with E-state index in [-0.39, 0.29) is 24.6 Å². The van der Waals surface area contributed by atoms with Gasteiger partial charge in [0, 0.05) is 14.1 Å². The first kappa shape index (κ1) is 16.2. The molecule has 0 radical (unpaired) electrons. The highest BCUT2D eigenvalue weighted by atomic mass is 19.1. The predicted molar refractivity (Wildman–Crippen MR) is 71.5 cm³/mol. The molecule has 0 fully saturated rings. The van der Waals surface area contributed by atoms with Crippen LogP contribution in [0.5, 0.6) is 0 Å². The van der Waals surface area contributed by atoms with Crippen LogP contribution in [0.25, 0.3) is 0 Å². The molecule has 0 aliphatic carbocycles. The summed E-state index contributed by atoms with van der Waals surface area (Å²) in [5, 5.41) is 0. The number of hydrogen-bond acceptors (Lipinski definition) is 3. The van der Waals surface area contributed by atoms with Gasteiger partial charge in [-0.2, -0.15) is 0 Å². The standard InChI is InChI=1S/C14H18F2N2O2/c1-4-18(9-14(20)17(2)3)8-13(19)11-7-10(15)5-6-12(11)16/h5-7H,4,8-9H2,1-3H3. The lowest BCUT2D eigenvalue weighted by molar-refractivity contribution is -0.129. The zero-order valence-electron chi connectivity index (χ0n) is 11.8. The number of carbonyl (C=O) groups is 2. The lowest BCUT2D eigenvalue weighted by Gasteiger charge is -2.21. The van der Waals surface area contributed by atoms with Crippen LogP contribution in [0.1, 0.15) is 17.3 Å². The van der Waals surface area contributed by atoms with Crippen LogP contribution in [-0.4, -0.2) is 55.2 Å². The topological polar surface area (TPSA) is 40.6 Å². The van der Waals surface area contributed by atoms with Gasteiger partial charge in [0.2, 0.25) is 5.91 Å². The fraction of sp³-hybridized carbons (Fsp3) is 0.429. The van der Waals surface area contributed by atoms with E-state index >= 15 is 0 Å². The molecule has 0 atom stereocenters. The monoisotopic (exact) mass is 284 g/mol. The van der Waals surface area contributed by atoms with E-state index in [1.54, 1.807) is 25.9 Å². The molecule has 1 rings (SSSR count). The largest absolute Gasteiger partial charge is 0.348 e. The Balaban J connectivity index is 2.77. The highest BCUT2D eigenvalue weighted by Crippen LogP contribution is 2.11. The molecule has 0 bridgehead atoms. The SMILES string of the molecule is CCN(CC(=O)c1cc(F)ccc1F)CC(=O)N(C)C. The molecule has 110 valence electrons. The van der Waals surface area contributed by atoms with Crippen molar-refractivity contribution in [1.29, 1.82) is 0 Å². The summed E-state index contributed by atoms with van der Waals surface area (Å²) < 4.78 is 26.5. The number of benzene rings is 1. The van der Waals surface area contributed by atoms with Crippen molar-refractivity contribution >= 4 is 11.7 Å². The zero-order valence-corrected chi connectivity index (χ0v) is 11.8. The highest BCUT2D eigenvalue weighted by Gasteiger charge is 2.18. The third kappa shape index (κ3) is 4.38. The van der Waals surface area contributed by atoms with E-state index in [4.69, 9.17) is 0 Å². The van der Waals surface area contributed by atoms with Gasteiger partial charge < -0.3 is 4.90 Å². The number of rotatable bonds is 6. The first-order valence-electron chi connectivity index (χ1n) is 6.26. The Bertz CT molecular complexity index is 504. The average Bonchev–Trinajstić information content (AvgIpc) is 2.40. The van der Waals surface area contributed by atoms with E-state index in [0.29, 0.717) is 6.54 Å². The summed E-state index contributed by atoms with van der Waals surface area (Å²) in [7, 11) is 3.23. The van der Waals surface area contributed by atoms with Crippen LogP contribution in [-0.2, 0) is 4.79 Å². The van der Waals surface area contributed by atoms with E-state index in [9.17, 15) is 18.4 Å². The molecule has 0 N–H and O–H groups in total. The van der Waals surface area contributed by atoms with Crippen molar-refractivity contribution in [2.24, 2.45) is 0 Å². The van der Waals surface area contributed by atoms with Crippen LogP contribution in [0.3, 0.4) is 0 Å². The Labute approximate surface area is 117 Å². The summed E-state index contributed by atoms with van der Waals surface area (Å²) in [4.78, 5) is 26.5. The van der Waals surface area contributed by atoms with E-state index in [1.165, 1.54) is 4.90 Å². The van der Waals surface area contributed by atoms with E-state index in [1.807, 2.05) is 0 Å². The van der Waals surface area contributed by atoms with Gasteiger partial charge in [-0.1, -0.05) is 6.92 Å². The van der Waals surface area contributed by atoms with Crippen LogP contribution in [0.4, 0.5) is 8.78 Å². The number of likely N-dealkylation sites (N-methyl/N-ethyl adjacent to an activating group) is 2. The Hall–Kier alpha value is -1.82. The van der Waals surface area contributed by atoms with Gasteiger partial charge in [0.15, 0.2) is 5.78 Å². The number of amides is 1. The maximum Gasteiger partial charge on any atom is 0.236 e. The second-order valence-corrected chi connectivity index (χ2v) is 4.64. The smallest absolute Gasteiger partial charge is 0.236 e. The Morgan fingerprint density at radius 3 is 2.35 bits per heavy atom. The molecule has 0 spiro atoms. The molecule has 0 aliphatic heterocycles. The molecule has 6 heteroatoms. The molecular formula is C14H18F2N2O2. The molecule has 4 nitrogen and oxygen atoms in total. The molecule has 0 aromatic heterocycles. The maximum absolute atomic E-state index is 13.5. The molecule has 0 unspecified atom stereocenters. The number of carbonyl (C=O) groups excluding carboxylic acids is 2. The van der Waals surface area contributed by atoms with Gasteiger partial charge in [-0.15, -0.1) is 0 Å². The molecule has 0 heterocycles. The second kappa shape index (κ2) is 7.09. The summed E-state index contributed by atoms with van der Waals surface area (Å²) in [5.74, 6) is -2.12. The van der Waals surface area contributed by atoms with Crippen molar-refractivity contribution in [2.75, 3.05) is 33.7 Å². The Morgan fingerprint density at radius 1 is 1.15 bits per heavy atom. The van der Waals surface area contributed by atoms with E-state index in [2.05, 4.69) is 0 Å². The number of nitrogens with zero attached hydrogens (tertiary/aromatic N) is 2. The van der Waals surface area contributed by atoms with Gasteiger partial charge in [-0.25, -0.2) is 8.78 Å². The van der Waals surface area contributed by atoms with Crippen molar-refractivity contribution in [2.45, 2.75) is 6.92 Å². The van der Waals surface area contributed by atoms with Gasteiger partial charge in [0.05, 0.1) is 18.7 Å². The lowest BCUT2D eigenvalue weighted by Crippen LogP contribution is -2.39. The van der Waals surface area contributed by atoms with Gasteiger partial charge in [0.25, 0.3) is 0 Å². The van der Waals surface area contributed by atoms with E-state index < -0.39 is 17.4 Å². The minimum atomic E-state index is -0.758. The summed E-state index contributed by atoms with van der Waals surface area (Å²) in [6, 6.07) is 2.75. The predicted octanol–water partition coefficient (Wildman–Crippen LogP) is 1.56. The van der Waals surface area contributed by atoms with Gasteiger partial charge >= 0.3 is 0 Å². The Morgan fingerprint density at radius 2 is 1.80 bits per heavy atom. The summed E-state index contributed by atoms with van der Waals surface area (Å²) in [6.45, 7) is 2.18. The van der Waals surface area contributed by atoms with Crippen molar-refractivity contribution in [3.05, 3.63) is 35.4 Å². The van der Waals surface area contributed by atoms with Gasteiger partial charge in [-0.3, -0.25) is 14.5 Å². The molecule has 1 amide bonds. The Kier molecular flexibility index (Phi) is 5.76. The minimum absolute atomic E-state index is 0.0617. The summed E-state index contributed by atoms with van der Waals surface area (Å²) in [5.41, 5.74) is -0.291. The van der Waals surface area contributed by atoms with Crippen LogP contribution in [0.15, 0.2) is 18.2 Å². The normalized spacial score (nSPS) is 10.7. The number of ketones is 1. The molecule has 1 aromatic carbocycles. The first-order chi connectivity index (χ1) is 9.35. The third-order valence-electron chi connectivity index (χ3n) is 2.90. The highest BCUT2D eigenvalue weighted by molar-refractivity contribution is 5.98. The molecule has 0 saturated carbocycles. The van der Waals surface area contributed by atoms with Crippen molar-refractivity contribution in [3.63, 3.8) is 0 Å².